The number of nitrogens with zero attached hydrogens (tertiary/aromatic N) is 2. The predicted molar refractivity (Wildman–Crippen MR) is 76.0 cm³/mol. The molecule has 0 spiro atoms. The molecule has 0 radical (unpaired) electrons. The number of esters is 1. The minimum Gasteiger partial charge on any atom is -0.468 e. The van der Waals surface area contributed by atoms with E-state index in [1.807, 2.05) is 0 Å². The Hall–Kier alpha value is -2.70. The molecule has 0 saturated carbocycles. The molecule has 0 saturated heterocycles. The molecule has 0 fully saturated rings. The molecule has 0 unspecified atom stereocenters. The fraction of sp³-hybridized carbons (Fsp3) is 0.286. The number of ether oxygens (including phenoxy) is 1. The fourth-order valence-corrected chi connectivity index (χ4v) is 1.94. The van der Waals surface area contributed by atoms with Crippen molar-refractivity contribution in [1.82, 2.24) is 14.9 Å². The topological polar surface area (TPSA) is 92.4 Å². The van der Waals surface area contributed by atoms with Gasteiger partial charge in [0.15, 0.2) is 0 Å². The van der Waals surface area contributed by atoms with Crippen LogP contribution in [-0.2, 0) is 9.53 Å². The zero-order valence-corrected chi connectivity index (χ0v) is 11.8. The number of methoxy groups -OCH3 is 1. The maximum atomic E-state index is 12.4. The zero-order chi connectivity index (χ0) is 15.4. The Kier molecular flexibility index (Phi) is 4.32. The molecule has 0 aliphatic heterocycles. The first-order chi connectivity index (χ1) is 10.1. The van der Waals surface area contributed by atoms with Crippen molar-refractivity contribution in [3.05, 3.63) is 40.6 Å². The molecule has 2 rings (SSSR count). The molecule has 2 aromatic heterocycles. The molecular weight excluding hydrogens is 274 g/mol. The number of amides is 1. The van der Waals surface area contributed by atoms with E-state index in [9.17, 15) is 14.4 Å². The highest BCUT2D eigenvalue weighted by Crippen LogP contribution is 2.10. The first-order valence-electron chi connectivity index (χ1n) is 6.40. The summed E-state index contributed by atoms with van der Waals surface area (Å²) in [6.45, 7) is 1.90. The lowest BCUT2D eigenvalue weighted by Crippen LogP contribution is -2.37. The molecule has 110 valence electrons. The molecule has 2 heterocycles. The van der Waals surface area contributed by atoms with Gasteiger partial charge in [0.2, 0.25) is 0 Å². The van der Waals surface area contributed by atoms with Gasteiger partial charge >= 0.3 is 5.97 Å². The van der Waals surface area contributed by atoms with Gasteiger partial charge in [0, 0.05) is 18.9 Å². The first-order valence-corrected chi connectivity index (χ1v) is 6.40. The summed E-state index contributed by atoms with van der Waals surface area (Å²) in [5, 5.41) is 1.02. The average molecular weight is 289 g/mol. The molecule has 0 aromatic carbocycles. The van der Waals surface area contributed by atoms with Crippen LogP contribution in [0.15, 0.2) is 29.3 Å². The quantitative estimate of drug-likeness (QED) is 0.830. The number of carbonyl (C=O) groups is 2. The van der Waals surface area contributed by atoms with Gasteiger partial charge < -0.3 is 14.6 Å². The van der Waals surface area contributed by atoms with Gasteiger partial charge in [-0.2, -0.15) is 0 Å². The minimum absolute atomic E-state index is 0.129. The van der Waals surface area contributed by atoms with Crippen LogP contribution in [0, 0.1) is 0 Å². The summed E-state index contributed by atoms with van der Waals surface area (Å²) in [5.41, 5.74) is -0.262. The Bertz CT molecular complexity index is 738. The third-order valence-corrected chi connectivity index (χ3v) is 3.09. The van der Waals surface area contributed by atoms with Crippen molar-refractivity contribution in [2.45, 2.75) is 6.92 Å². The van der Waals surface area contributed by atoms with Crippen molar-refractivity contribution in [3.63, 3.8) is 0 Å². The fourth-order valence-electron chi connectivity index (χ4n) is 1.94. The van der Waals surface area contributed by atoms with E-state index in [4.69, 9.17) is 0 Å². The van der Waals surface area contributed by atoms with Crippen LogP contribution in [0.4, 0.5) is 0 Å². The Morgan fingerprint density at radius 2 is 2.19 bits per heavy atom. The lowest BCUT2D eigenvalue weighted by atomic mass is 10.2. The van der Waals surface area contributed by atoms with Gasteiger partial charge in [-0.1, -0.05) is 0 Å². The van der Waals surface area contributed by atoms with E-state index < -0.39 is 17.4 Å². The summed E-state index contributed by atoms with van der Waals surface area (Å²) in [7, 11) is 1.26. The average Bonchev–Trinajstić information content (AvgIpc) is 2.51. The van der Waals surface area contributed by atoms with E-state index in [0.717, 1.165) is 0 Å². The number of pyridine rings is 2. The molecule has 0 bridgehead atoms. The summed E-state index contributed by atoms with van der Waals surface area (Å²) in [6.07, 6.45) is 2.98. The van der Waals surface area contributed by atoms with Gasteiger partial charge in [0.05, 0.1) is 12.5 Å². The Labute approximate surface area is 120 Å². The number of carbonyl (C=O) groups excluding carboxylic acids is 2. The maximum Gasteiger partial charge on any atom is 0.325 e. The molecule has 2 aromatic rings. The first kappa shape index (κ1) is 14.7. The molecule has 0 aliphatic carbocycles. The van der Waals surface area contributed by atoms with Gasteiger partial charge in [-0.15, -0.1) is 0 Å². The van der Waals surface area contributed by atoms with Crippen molar-refractivity contribution < 1.29 is 14.3 Å². The van der Waals surface area contributed by atoms with Gasteiger partial charge in [-0.05, 0) is 24.4 Å². The molecule has 7 nitrogen and oxygen atoms in total. The van der Waals surface area contributed by atoms with E-state index in [1.165, 1.54) is 18.2 Å². The molecule has 1 N–H and O–H groups in total. The summed E-state index contributed by atoms with van der Waals surface area (Å²) >= 11 is 0. The van der Waals surface area contributed by atoms with Crippen LogP contribution < -0.4 is 5.56 Å². The van der Waals surface area contributed by atoms with E-state index in [1.54, 1.807) is 25.3 Å². The molecule has 21 heavy (non-hydrogen) atoms. The highest BCUT2D eigenvalue weighted by molar-refractivity contribution is 5.97. The molecule has 7 heteroatoms. The lowest BCUT2D eigenvalue weighted by molar-refractivity contribution is -0.141. The van der Waals surface area contributed by atoms with Crippen molar-refractivity contribution in [2.75, 3.05) is 20.2 Å². The van der Waals surface area contributed by atoms with Crippen LogP contribution >= 0.6 is 0 Å². The molecule has 0 atom stereocenters. The van der Waals surface area contributed by atoms with Crippen molar-refractivity contribution in [2.24, 2.45) is 0 Å². The number of rotatable bonds is 4. The van der Waals surface area contributed by atoms with Crippen LogP contribution in [0.2, 0.25) is 0 Å². The minimum atomic E-state index is -0.516. The van der Waals surface area contributed by atoms with Crippen LogP contribution in [0.25, 0.3) is 10.8 Å². The largest absolute Gasteiger partial charge is 0.468 e. The van der Waals surface area contributed by atoms with E-state index >= 15 is 0 Å². The number of H-pyrrole nitrogens is 1. The normalized spacial score (nSPS) is 10.4. The highest BCUT2D eigenvalue weighted by Gasteiger charge is 2.19. The van der Waals surface area contributed by atoms with Crippen molar-refractivity contribution in [3.8, 4) is 0 Å². The maximum absolute atomic E-state index is 12.4. The van der Waals surface area contributed by atoms with Gasteiger partial charge in [-0.3, -0.25) is 19.4 Å². The second kappa shape index (κ2) is 6.17. The third-order valence-electron chi connectivity index (χ3n) is 3.09. The SMILES string of the molecule is CCN(CC(=O)OC)C(=O)c1cc2ccncc2c(=O)[nH]1. The Balaban J connectivity index is 2.38. The van der Waals surface area contributed by atoms with Crippen molar-refractivity contribution in [1.29, 1.82) is 0 Å². The molecular formula is C14H15N3O4. The number of likely N-dealkylation sites (N-methyl/N-ethyl adjacent to an activating group) is 1. The van der Waals surface area contributed by atoms with E-state index in [2.05, 4.69) is 14.7 Å². The van der Waals surface area contributed by atoms with E-state index in [-0.39, 0.29) is 12.2 Å². The van der Waals surface area contributed by atoms with Gasteiger partial charge in [-0.25, -0.2) is 0 Å². The number of aromatic amines is 1. The van der Waals surface area contributed by atoms with Crippen LogP contribution in [0.1, 0.15) is 17.4 Å². The number of aromatic nitrogens is 2. The van der Waals surface area contributed by atoms with Crippen LogP contribution in [0.3, 0.4) is 0 Å². The van der Waals surface area contributed by atoms with E-state index in [0.29, 0.717) is 17.3 Å². The molecule has 0 aliphatic rings. The predicted octanol–water partition coefficient (Wildman–Crippen LogP) is 0.558. The van der Waals surface area contributed by atoms with Gasteiger partial charge in [0.25, 0.3) is 11.5 Å². The number of fused-ring (bicyclic) bond motifs is 1. The summed E-state index contributed by atoms with van der Waals surface area (Å²) < 4.78 is 4.55. The summed E-state index contributed by atoms with van der Waals surface area (Å²) in [6, 6.07) is 3.22. The Morgan fingerprint density at radius 1 is 1.43 bits per heavy atom. The zero-order valence-electron chi connectivity index (χ0n) is 11.8. The second-order valence-corrected chi connectivity index (χ2v) is 4.37. The van der Waals surface area contributed by atoms with Gasteiger partial charge in [0.1, 0.15) is 12.2 Å². The van der Waals surface area contributed by atoms with Crippen LogP contribution in [0.5, 0.6) is 0 Å². The third kappa shape index (κ3) is 3.07. The number of nitrogens with one attached hydrogen (secondary N) is 1. The number of hydrogen-bond acceptors (Lipinski definition) is 5. The van der Waals surface area contributed by atoms with Crippen molar-refractivity contribution >= 4 is 22.6 Å². The second-order valence-electron chi connectivity index (χ2n) is 4.37. The number of hydrogen-bond donors (Lipinski definition) is 1. The summed E-state index contributed by atoms with van der Waals surface area (Å²) in [5.74, 6) is -0.948. The smallest absolute Gasteiger partial charge is 0.325 e. The Morgan fingerprint density at radius 3 is 2.86 bits per heavy atom. The highest BCUT2D eigenvalue weighted by atomic mass is 16.5. The standard InChI is InChI=1S/C14H15N3O4/c1-3-17(8-12(18)21-2)14(20)11-6-9-4-5-15-7-10(9)13(19)16-11/h4-7H,3,8H2,1-2H3,(H,16,19). The summed E-state index contributed by atoms with van der Waals surface area (Å²) in [4.78, 5) is 43.3. The monoisotopic (exact) mass is 289 g/mol. The lowest BCUT2D eigenvalue weighted by Gasteiger charge is -2.19. The molecule has 1 amide bonds. The van der Waals surface area contributed by atoms with Crippen LogP contribution in [-0.4, -0.2) is 46.9 Å².